The van der Waals surface area contributed by atoms with Crippen molar-refractivity contribution in [1.29, 1.82) is 0 Å². The van der Waals surface area contributed by atoms with Crippen LogP contribution in [0.1, 0.15) is 31.7 Å². The van der Waals surface area contributed by atoms with E-state index in [4.69, 9.17) is 17.3 Å². The number of aromatic nitrogens is 2. The van der Waals surface area contributed by atoms with Gasteiger partial charge in [0.1, 0.15) is 6.61 Å². The molecule has 1 atom stereocenters. The van der Waals surface area contributed by atoms with Crippen molar-refractivity contribution in [3.63, 3.8) is 0 Å². The third kappa shape index (κ3) is 5.84. The minimum atomic E-state index is -4.30. The monoisotopic (exact) mass is 327 g/mol. The molecule has 0 fully saturated rings. The molecule has 1 unspecified atom stereocenters. The summed E-state index contributed by atoms with van der Waals surface area (Å²) in [5.41, 5.74) is 7.58. The van der Waals surface area contributed by atoms with Gasteiger partial charge in [-0.3, -0.25) is 4.68 Å². The van der Waals surface area contributed by atoms with E-state index in [2.05, 4.69) is 9.84 Å². The van der Waals surface area contributed by atoms with Crippen LogP contribution in [-0.2, 0) is 24.1 Å². The van der Waals surface area contributed by atoms with Crippen molar-refractivity contribution in [1.82, 2.24) is 9.78 Å². The predicted octanol–water partition coefficient (Wildman–Crippen LogP) is 2.96. The number of alkyl halides is 3. The van der Waals surface area contributed by atoms with Gasteiger partial charge in [-0.2, -0.15) is 18.3 Å². The van der Waals surface area contributed by atoms with Gasteiger partial charge in [0.05, 0.1) is 16.4 Å². The van der Waals surface area contributed by atoms with Crippen LogP contribution in [0.15, 0.2) is 0 Å². The number of halogens is 4. The summed E-state index contributed by atoms with van der Waals surface area (Å²) >= 11 is 6.25. The van der Waals surface area contributed by atoms with E-state index in [1.165, 1.54) is 0 Å². The first-order valence-electron chi connectivity index (χ1n) is 6.92. The Kier molecular flexibility index (Phi) is 6.96. The van der Waals surface area contributed by atoms with Crippen LogP contribution in [0.4, 0.5) is 13.2 Å². The van der Waals surface area contributed by atoms with E-state index in [0.29, 0.717) is 24.4 Å². The molecule has 21 heavy (non-hydrogen) atoms. The van der Waals surface area contributed by atoms with E-state index < -0.39 is 12.8 Å². The highest BCUT2D eigenvalue weighted by Gasteiger charge is 2.27. The molecule has 0 amide bonds. The summed E-state index contributed by atoms with van der Waals surface area (Å²) in [6, 6.07) is -0.317. The van der Waals surface area contributed by atoms with Crippen LogP contribution in [0, 0.1) is 0 Å². The number of nitrogens with zero attached hydrogens (tertiary/aromatic N) is 2. The van der Waals surface area contributed by atoms with Crippen molar-refractivity contribution >= 4 is 11.6 Å². The Morgan fingerprint density at radius 3 is 2.57 bits per heavy atom. The number of hydrogen-bond acceptors (Lipinski definition) is 3. The molecule has 1 heterocycles. The second-order valence-corrected chi connectivity index (χ2v) is 5.18. The van der Waals surface area contributed by atoms with E-state index in [1.54, 1.807) is 4.68 Å². The molecule has 4 nitrogen and oxygen atoms in total. The Morgan fingerprint density at radius 1 is 1.38 bits per heavy atom. The summed E-state index contributed by atoms with van der Waals surface area (Å²) in [7, 11) is 0. The second kappa shape index (κ2) is 8.00. The molecule has 1 aromatic rings. The highest BCUT2D eigenvalue weighted by Crippen LogP contribution is 2.23. The quantitative estimate of drug-likeness (QED) is 0.747. The van der Waals surface area contributed by atoms with Gasteiger partial charge in [0.2, 0.25) is 0 Å². The van der Waals surface area contributed by atoms with Gasteiger partial charge in [-0.05, 0) is 19.8 Å². The number of hydrogen-bond donors (Lipinski definition) is 1. The van der Waals surface area contributed by atoms with Crippen LogP contribution in [0.25, 0.3) is 0 Å². The maximum atomic E-state index is 11.9. The molecule has 1 rings (SSSR count). The zero-order chi connectivity index (χ0) is 16.0. The second-order valence-electron chi connectivity index (χ2n) is 4.80. The van der Waals surface area contributed by atoms with Crippen molar-refractivity contribution in [2.45, 2.75) is 51.9 Å². The van der Waals surface area contributed by atoms with Crippen LogP contribution in [0.5, 0.6) is 0 Å². The average Bonchev–Trinajstić information content (AvgIpc) is 2.70. The molecule has 0 spiro atoms. The predicted molar refractivity (Wildman–Crippen MR) is 75.5 cm³/mol. The summed E-state index contributed by atoms with van der Waals surface area (Å²) in [6.07, 6.45) is -2.77. The normalized spacial score (nSPS) is 13.7. The van der Waals surface area contributed by atoms with Crippen LogP contribution in [0.2, 0.25) is 5.02 Å². The molecule has 122 valence electrons. The van der Waals surface area contributed by atoms with Gasteiger partial charge in [0.25, 0.3) is 0 Å². The van der Waals surface area contributed by atoms with E-state index in [-0.39, 0.29) is 12.6 Å². The SMILES string of the molecule is CCc1nn(CC)c(CC(N)CCOCC(F)(F)F)c1Cl. The molecule has 0 bridgehead atoms. The molecule has 0 aromatic carbocycles. The van der Waals surface area contributed by atoms with Gasteiger partial charge < -0.3 is 10.5 Å². The van der Waals surface area contributed by atoms with Gasteiger partial charge in [-0.25, -0.2) is 0 Å². The largest absolute Gasteiger partial charge is 0.411 e. The number of rotatable bonds is 8. The van der Waals surface area contributed by atoms with Gasteiger partial charge in [-0.1, -0.05) is 18.5 Å². The van der Waals surface area contributed by atoms with Gasteiger partial charge >= 0.3 is 6.18 Å². The molecule has 0 radical (unpaired) electrons. The number of aryl methyl sites for hydroxylation is 2. The standard InChI is InChI=1S/C13H21ClF3N3O/c1-3-10-12(14)11(20(4-2)19-10)7-9(18)5-6-21-8-13(15,16)17/h9H,3-8,18H2,1-2H3. The fraction of sp³-hybridized carbons (Fsp3) is 0.769. The molecular weight excluding hydrogens is 307 g/mol. The Morgan fingerprint density at radius 2 is 2.05 bits per heavy atom. The fourth-order valence-corrected chi connectivity index (χ4v) is 2.33. The van der Waals surface area contributed by atoms with E-state index in [0.717, 1.165) is 17.8 Å². The topological polar surface area (TPSA) is 53.1 Å². The van der Waals surface area contributed by atoms with Gasteiger partial charge in [-0.15, -0.1) is 0 Å². The van der Waals surface area contributed by atoms with Crippen LogP contribution < -0.4 is 5.73 Å². The van der Waals surface area contributed by atoms with Gasteiger partial charge in [0, 0.05) is 25.6 Å². The minimum Gasteiger partial charge on any atom is -0.372 e. The lowest BCUT2D eigenvalue weighted by Gasteiger charge is -2.14. The lowest BCUT2D eigenvalue weighted by molar-refractivity contribution is -0.174. The average molecular weight is 328 g/mol. The molecular formula is C13H21ClF3N3O. The summed E-state index contributed by atoms with van der Waals surface area (Å²) in [6.45, 7) is 3.31. The molecule has 0 saturated carbocycles. The van der Waals surface area contributed by atoms with Crippen molar-refractivity contribution in [3.05, 3.63) is 16.4 Å². The minimum absolute atomic E-state index is 0.0286. The molecule has 8 heteroatoms. The Hall–Kier alpha value is -0.790. The highest BCUT2D eigenvalue weighted by atomic mass is 35.5. The zero-order valence-corrected chi connectivity index (χ0v) is 13.0. The third-order valence-electron chi connectivity index (χ3n) is 3.05. The summed E-state index contributed by atoms with van der Waals surface area (Å²) in [5.74, 6) is 0. The van der Waals surface area contributed by atoms with Crippen molar-refractivity contribution in [2.24, 2.45) is 5.73 Å². The summed E-state index contributed by atoms with van der Waals surface area (Å²) in [5, 5.41) is 4.98. The van der Waals surface area contributed by atoms with E-state index >= 15 is 0 Å². The number of nitrogens with two attached hydrogens (primary N) is 1. The van der Waals surface area contributed by atoms with Crippen LogP contribution in [0.3, 0.4) is 0 Å². The fourth-order valence-electron chi connectivity index (χ4n) is 1.99. The first kappa shape index (κ1) is 18.3. The first-order chi connectivity index (χ1) is 9.78. The Labute approximate surface area is 127 Å². The number of ether oxygens (including phenoxy) is 1. The molecule has 0 aliphatic heterocycles. The van der Waals surface area contributed by atoms with E-state index in [9.17, 15) is 13.2 Å². The third-order valence-corrected chi connectivity index (χ3v) is 3.48. The van der Waals surface area contributed by atoms with Crippen molar-refractivity contribution < 1.29 is 17.9 Å². The van der Waals surface area contributed by atoms with Crippen molar-refractivity contribution in [2.75, 3.05) is 13.2 Å². The van der Waals surface area contributed by atoms with Crippen LogP contribution in [-0.4, -0.2) is 35.2 Å². The molecule has 2 N–H and O–H groups in total. The first-order valence-corrected chi connectivity index (χ1v) is 7.30. The lowest BCUT2D eigenvalue weighted by Crippen LogP contribution is -2.27. The van der Waals surface area contributed by atoms with E-state index in [1.807, 2.05) is 13.8 Å². The van der Waals surface area contributed by atoms with Crippen LogP contribution >= 0.6 is 11.6 Å². The molecule has 0 aliphatic rings. The molecule has 0 aliphatic carbocycles. The molecule has 0 saturated heterocycles. The zero-order valence-electron chi connectivity index (χ0n) is 12.2. The maximum absolute atomic E-state index is 11.9. The molecule has 1 aromatic heterocycles. The maximum Gasteiger partial charge on any atom is 0.411 e. The summed E-state index contributed by atoms with van der Waals surface area (Å²) in [4.78, 5) is 0. The smallest absolute Gasteiger partial charge is 0.372 e. The lowest BCUT2D eigenvalue weighted by atomic mass is 10.1. The van der Waals surface area contributed by atoms with Crippen molar-refractivity contribution in [3.8, 4) is 0 Å². The van der Waals surface area contributed by atoms with Gasteiger partial charge in [0.15, 0.2) is 0 Å². The Bertz CT molecular complexity index is 449. The Balaban J connectivity index is 2.51. The summed E-state index contributed by atoms with van der Waals surface area (Å²) < 4.78 is 42.2. The highest BCUT2D eigenvalue weighted by molar-refractivity contribution is 6.31.